The van der Waals surface area contributed by atoms with Gasteiger partial charge < -0.3 is 10.1 Å². The maximum Gasteiger partial charge on any atom is 0.119 e. The van der Waals surface area contributed by atoms with E-state index in [0.717, 1.165) is 18.7 Å². The van der Waals surface area contributed by atoms with E-state index in [2.05, 4.69) is 55.6 Å². The zero-order valence-electron chi connectivity index (χ0n) is 12.5. The molecular formula is C17H23NOS. The number of hydrogen-bond acceptors (Lipinski definition) is 3. The number of benzene rings is 1. The predicted molar refractivity (Wildman–Crippen MR) is 86.8 cm³/mol. The second kappa shape index (κ2) is 7.46. The van der Waals surface area contributed by atoms with E-state index in [1.165, 1.54) is 15.3 Å². The van der Waals surface area contributed by atoms with Crippen molar-refractivity contribution in [2.45, 2.75) is 33.2 Å². The van der Waals surface area contributed by atoms with Gasteiger partial charge in [-0.15, -0.1) is 11.3 Å². The number of thiophene rings is 1. The average Bonchev–Trinajstić information content (AvgIpc) is 2.95. The highest BCUT2D eigenvalue weighted by Gasteiger charge is 2.15. The van der Waals surface area contributed by atoms with Crippen molar-refractivity contribution < 1.29 is 4.74 Å². The molecule has 2 aromatic rings. The molecule has 1 atom stereocenters. The van der Waals surface area contributed by atoms with Gasteiger partial charge in [-0.1, -0.05) is 26.0 Å². The van der Waals surface area contributed by atoms with Crippen molar-refractivity contribution in [2.24, 2.45) is 0 Å². The molecule has 2 rings (SSSR count). The molecule has 1 aromatic carbocycles. The molecule has 3 heteroatoms. The Labute approximate surface area is 125 Å². The zero-order valence-corrected chi connectivity index (χ0v) is 13.3. The second-order valence-corrected chi connectivity index (χ2v) is 5.85. The van der Waals surface area contributed by atoms with E-state index in [0.29, 0.717) is 6.61 Å². The summed E-state index contributed by atoms with van der Waals surface area (Å²) in [5, 5.41) is 3.57. The van der Waals surface area contributed by atoms with Crippen molar-refractivity contribution in [3.8, 4) is 5.75 Å². The fourth-order valence-electron chi connectivity index (χ4n) is 2.25. The first-order valence-corrected chi connectivity index (χ1v) is 8.14. The van der Waals surface area contributed by atoms with Gasteiger partial charge in [0.05, 0.1) is 12.6 Å². The summed E-state index contributed by atoms with van der Waals surface area (Å²) in [5.41, 5.74) is 1.29. The summed E-state index contributed by atoms with van der Waals surface area (Å²) in [7, 11) is 0. The molecule has 2 nitrogen and oxygen atoms in total. The molecule has 0 spiro atoms. The summed E-state index contributed by atoms with van der Waals surface area (Å²) < 4.78 is 5.51. The normalized spacial score (nSPS) is 12.3. The number of hydrogen-bond donors (Lipinski definition) is 1. The Balaban J connectivity index is 2.23. The van der Waals surface area contributed by atoms with Gasteiger partial charge in [0.1, 0.15) is 5.75 Å². The molecular weight excluding hydrogens is 266 g/mol. The molecule has 1 heterocycles. The van der Waals surface area contributed by atoms with Crippen molar-refractivity contribution in [2.75, 3.05) is 13.2 Å². The van der Waals surface area contributed by atoms with Gasteiger partial charge in [-0.25, -0.2) is 0 Å². The Morgan fingerprint density at radius 2 is 1.80 bits per heavy atom. The SMILES string of the molecule is CCNC(c1ccc(OCC)cc1)c1ccc(CC)s1. The molecule has 0 aliphatic rings. The van der Waals surface area contributed by atoms with E-state index >= 15 is 0 Å². The highest BCUT2D eigenvalue weighted by molar-refractivity contribution is 7.12. The van der Waals surface area contributed by atoms with Crippen LogP contribution < -0.4 is 10.1 Å². The summed E-state index contributed by atoms with van der Waals surface area (Å²) in [6.07, 6.45) is 1.10. The van der Waals surface area contributed by atoms with Crippen LogP contribution in [0.2, 0.25) is 0 Å². The van der Waals surface area contributed by atoms with Crippen molar-refractivity contribution in [3.63, 3.8) is 0 Å². The van der Waals surface area contributed by atoms with E-state index in [1.807, 2.05) is 18.3 Å². The van der Waals surface area contributed by atoms with Gasteiger partial charge in [0, 0.05) is 9.75 Å². The van der Waals surface area contributed by atoms with Crippen molar-refractivity contribution in [1.82, 2.24) is 5.32 Å². The van der Waals surface area contributed by atoms with Crippen LogP contribution in [-0.2, 0) is 6.42 Å². The summed E-state index contributed by atoms with van der Waals surface area (Å²) in [5.74, 6) is 0.937. The van der Waals surface area contributed by atoms with Gasteiger partial charge in [0.25, 0.3) is 0 Å². The predicted octanol–water partition coefficient (Wildman–Crippen LogP) is 4.41. The third-order valence-electron chi connectivity index (χ3n) is 3.25. The fraction of sp³-hybridized carbons (Fsp3) is 0.412. The zero-order chi connectivity index (χ0) is 14.4. The molecule has 0 aliphatic heterocycles. The van der Waals surface area contributed by atoms with E-state index in [1.54, 1.807) is 0 Å². The molecule has 20 heavy (non-hydrogen) atoms. The van der Waals surface area contributed by atoms with Crippen LogP contribution in [0.3, 0.4) is 0 Å². The lowest BCUT2D eigenvalue weighted by atomic mass is 10.1. The summed E-state index contributed by atoms with van der Waals surface area (Å²) in [6.45, 7) is 8.02. The van der Waals surface area contributed by atoms with Crippen LogP contribution in [0.5, 0.6) is 5.75 Å². The van der Waals surface area contributed by atoms with E-state index in [4.69, 9.17) is 4.74 Å². The Bertz CT molecular complexity index is 518. The first-order valence-electron chi connectivity index (χ1n) is 7.33. The first kappa shape index (κ1) is 15.1. The van der Waals surface area contributed by atoms with Crippen molar-refractivity contribution in [1.29, 1.82) is 0 Å². The molecule has 1 unspecified atom stereocenters. The lowest BCUT2D eigenvalue weighted by Crippen LogP contribution is -2.20. The maximum atomic E-state index is 5.51. The van der Waals surface area contributed by atoms with E-state index in [-0.39, 0.29) is 6.04 Å². The Kier molecular flexibility index (Phi) is 5.62. The summed E-state index contributed by atoms with van der Waals surface area (Å²) in [6, 6.07) is 13.2. The number of aryl methyl sites for hydroxylation is 1. The molecule has 0 bridgehead atoms. The second-order valence-electron chi connectivity index (χ2n) is 4.65. The Morgan fingerprint density at radius 3 is 2.35 bits per heavy atom. The molecule has 0 saturated heterocycles. The molecule has 0 amide bonds. The molecule has 0 aliphatic carbocycles. The fourth-order valence-corrected chi connectivity index (χ4v) is 3.31. The number of rotatable bonds is 7. The minimum absolute atomic E-state index is 0.279. The van der Waals surface area contributed by atoms with Crippen molar-refractivity contribution in [3.05, 3.63) is 51.7 Å². The number of nitrogens with one attached hydrogen (secondary N) is 1. The van der Waals surface area contributed by atoms with Crippen LogP contribution in [-0.4, -0.2) is 13.2 Å². The first-order chi connectivity index (χ1) is 9.78. The quantitative estimate of drug-likeness (QED) is 0.815. The molecule has 1 N–H and O–H groups in total. The lowest BCUT2D eigenvalue weighted by Gasteiger charge is -2.17. The average molecular weight is 289 g/mol. The van der Waals surface area contributed by atoms with Gasteiger partial charge >= 0.3 is 0 Å². The smallest absolute Gasteiger partial charge is 0.119 e. The third kappa shape index (κ3) is 3.62. The lowest BCUT2D eigenvalue weighted by molar-refractivity contribution is 0.340. The largest absolute Gasteiger partial charge is 0.494 e. The molecule has 0 fully saturated rings. The molecule has 0 radical (unpaired) electrons. The standard InChI is InChI=1S/C17H23NOS/c1-4-15-11-12-16(20-15)17(18-5-2)13-7-9-14(10-8-13)19-6-3/h7-12,17-18H,4-6H2,1-3H3. The highest BCUT2D eigenvalue weighted by atomic mass is 32.1. The van der Waals surface area contributed by atoms with Crippen LogP contribution in [0, 0.1) is 0 Å². The maximum absolute atomic E-state index is 5.51. The van der Waals surface area contributed by atoms with Gasteiger partial charge in [-0.3, -0.25) is 0 Å². The van der Waals surface area contributed by atoms with E-state index in [9.17, 15) is 0 Å². The topological polar surface area (TPSA) is 21.3 Å². The van der Waals surface area contributed by atoms with Crippen LogP contribution >= 0.6 is 11.3 Å². The Morgan fingerprint density at radius 1 is 1.05 bits per heavy atom. The monoisotopic (exact) mass is 289 g/mol. The molecule has 108 valence electrons. The summed E-state index contributed by atoms with van der Waals surface area (Å²) in [4.78, 5) is 2.82. The van der Waals surface area contributed by atoms with Gasteiger partial charge in [-0.05, 0) is 49.7 Å². The Hall–Kier alpha value is -1.32. The van der Waals surface area contributed by atoms with Crippen molar-refractivity contribution >= 4 is 11.3 Å². The summed E-state index contributed by atoms with van der Waals surface area (Å²) >= 11 is 1.90. The number of ether oxygens (including phenoxy) is 1. The van der Waals surface area contributed by atoms with Crippen LogP contribution in [0.1, 0.15) is 42.1 Å². The van der Waals surface area contributed by atoms with Crippen LogP contribution in [0.25, 0.3) is 0 Å². The van der Waals surface area contributed by atoms with Crippen LogP contribution in [0.4, 0.5) is 0 Å². The molecule has 0 saturated carbocycles. The highest BCUT2D eigenvalue weighted by Crippen LogP contribution is 2.29. The van der Waals surface area contributed by atoms with Gasteiger partial charge in [0.15, 0.2) is 0 Å². The minimum Gasteiger partial charge on any atom is -0.494 e. The van der Waals surface area contributed by atoms with Gasteiger partial charge in [-0.2, -0.15) is 0 Å². The van der Waals surface area contributed by atoms with Crippen LogP contribution in [0.15, 0.2) is 36.4 Å². The van der Waals surface area contributed by atoms with Gasteiger partial charge in [0.2, 0.25) is 0 Å². The molecule has 1 aromatic heterocycles. The van der Waals surface area contributed by atoms with E-state index < -0.39 is 0 Å². The third-order valence-corrected chi connectivity index (χ3v) is 4.54. The minimum atomic E-state index is 0.279.